The lowest BCUT2D eigenvalue weighted by Gasteiger charge is -2.15. The maximum atomic E-state index is 12.0. The molecule has 0 unspecified atom stereocenters. The Morgan fingerprint density at radius 1 is 1.08 bits per heavy atom. The number of hydrogen-bond donors (Lipinski definition) is 2. The van der Waals surface area contributed by atoms with E-state index >= 15 is 0 Å². The van der Waals surface area contributed by atoms with E-state index in [4.69, 9.17) is 4.74 Å². The van der Waals surface area contributed by atoms with Crippen molar-refractivity contribution in [2.45, 2.75) is 53.4 Å². The Hall–Kier alpha value is -2.04. The molecule has 0 aliphatic heterocycles. The molecule has 1 atom stereocenters. The standard InChI is InChI=1S/C20H32N2O3/c1-5-7-8-16(6-2)13-21-19(23)20(24)22-17-9-11-18(12-10-17)25-14-15(3)4/h9-12,15-16H,5-8,13-14H2,1-4H3,(H,21,23)(H,22,24)/t16-/m0/s1. The lowest BCUT2D eigenvalue weighted by molar-refractivity contribution is -0.136. The van der Waals surface area contributed by atoms with Crippen LogP contribution in [0.4, 0.5) is 5.69 Å². The van der Waals surface area contributed by atoms with Crippen molar-refractivity contribution in [3.05, 3.63) is 24.3 Å². The number of unbranched alkanes of at least 4 members (excludes halogenated alkanes) is 1. The summed E-state index contributed by atoms with van der Waals surface area (Å²) >= 11 is 0. The average Bonchev–Trinajstić information content (AvgIpc) is 2.61. The number of nitrogens with one attached hydrogen (secondary N) is 2. The summed E-state index contributed by atoms with van der Waals surface area (Å²) in [5.41, 5.74) is 0.579. The van der Waals surface area contributed by atoms with Gasteiger partial charge in [-0.3, -0.25) is 9.59 Å². The van der Waals surface area contributed by atoms with Crippen LogP contribution in [0, 0.1) is 11.8 Å². The van der Waals surface area contributed by atoms with Crippen LogP contribution in [0.2, 0.25) is 0 Å². The van der Waals surface area contributed by atoms with Crippen LogP contribution in [0.1, 0.15) is 53.4 Å². The molecule has 0 spiro atoms. The van der Waals surface area contributed by atoms with Gasteiger partial charge in [0.15, 0.2) is 0 Å². The first-order chi connectivity index (χ1) is 12.0. The third-order valence-electron chi connectivity index (χ3n) is 4.00. The lowest BCUT2D eigenvalue weighted by atomic mass is 9.99. The van der Waals surface area contributed by atoms with Crippen molar-refractivity contribution in [2.24, 2.45) is 11.8 Å². The molecule has 1 rings (SSSR count). The molecule has 0 saturated carbocycles. The van der Waals surface area contributed by atoms with Gasteiger partial charge in [0.05, 0.1) is 6.61 Å². The van der Waals surface area contributed by atoms with E-state index in [2.05, 4.69) is 38.3 Å². The van der Waals surface area contributed by atoms with Gasteiger partial charge in [0, 0.05) is 12.2 Å². The maximum Gasteiger partial charge on any atom is 0.313 e. The van der Waals surface area contributed by atoms with Crippen LogP contribution in [-0.2, 0) is 9.59 Å². The highest BCUT2D eigenvalue weighted by atomic mass is 16.5. The Kier molecular flexibility index (Phi) is 9.66. The summed E-state index contributed by atoms with van der Waals surface area (Å²) in [5.74, 6) is 0.399. The summed E-state index contributed by atoms with van der Waals surface area (Å²) < 4.78 is 5.59. The number of amides is 2. The van der Waals surface area contributed by atoms with E-state index in [0.717, 1.165) is 31.4 Å². The SMILES string of the molecule is CCCC[C@H](CC)CNC(=O)C(=O)Nc1ccc(OCC(C)C)cc1. The number of hydrogen-bond acceptors (Lipinski definition) is 3. The van der Waals surface area contributed by atoms with Gasteiger partial charge < -0.3 is 15.4 Å². The topological polar surface area (TPSA) is 67.4 Å². The highest BCUT2D eigenvalue weighted by Crippen LogP contribution is 2.16. The van der Waals surface area contributed by atoms with Crippen molar-refractivity contribution in [1.29, 1.82) is 0 Å². The molecule has 0 radical (unpaired) electrons. The summed E-state index contributed by atoms with van der Waals surface area (Å²) in [6, 6.07) is 7.04. The van der Waals surface area contributed by atoms with Crippen molar-refractivity contribution in [2.75, 3.05) is 18.5 Å². The molecule has 5 nitrogen and oxygen atoms in total. The number of rotatable bonds is 10. The Balaban J connectivity index is 2.42. The van der Waals surface area contributed by atoms with Crippen LogP contribution in [-0.4, -0.2) is 25.0 Å². The second-order valence-corrected chi connectivity index (χ2v) is 6.81. The van der Waals surface area contributed by atoms with E-state index in [1.165, 1.54) is 0 Å². The molecular weight excluding hydrogens is 316 g/mol. The smallest absolute Gasteiger partial charge is 0.313 e. The zero-order valence-corrected chi connectivity index (χ0v) is 15.9. The average molecular weight is 348 g/mol. The molecule has 0 bridgehead atoms. The van der Waals surface area contributed by atoms with E-state index in [9.17, 15) is 9.59 Å². The van der Waals surface area contributed by atoms with Crippen molar-refractivity contribution in [1.82, 2.24) is 5.32 Å². The zero-order valence-electron chi connectivity index (χ0n) is 15.9. The molecule has 0 heterocycles. The van der Waals surface area contributed by atoms with E-state index in [0.29, 0.717) is 30.7 Å². The number of benzene rings is 1. The fraction of sp³-hybridized carbons (Fsp3) is 0.600. The summed E-state index contributed by atoms with van der Waals surface area (Å²) in [7, 11) is 0. The minimum absolute atomic E-state index is 0.425. The predicted molar refractivity (Wildman–Crippen MR) is 102 cm³/mol. The molecule has 25 heavy (non-hydrogen) atoms. The number of ether oxygens (including phenoxy) is 1. The Morgan fingerprint density at radius 2 is 1.76 bits per heavy atom. The van der Waals surface area contributed by atoms with E-state index in [1.54, 1.807) is 24.3 Å². The quantitative estimate of drug-likeness (QED) is 0.628. The molecule has 2 N–H and O–H groups in total. The van der Waals surface area contributed by atoms with E-state index in [1.807, 2.05) is 0 Å². The molecule has 0 aliphatic rings. The second-order valence-electron chi connectivity index (χ2n) is 6.81. The number of anilines is 1. The third kappa shape index (κ3) is 8.57. The van der Waals surface area contributed by atoms with E-state index in [-0.39, 0.29) is 0 Å². The highest BCUT2D eigenvalue weighted by molar-refractivity contribution is 6.39. The van der Waals surface area contributed by atoms with Gasteiger partial charge in [-0.1, -0.05) is 47.0 Å². The second kappa shape index (κ2) is 11.5. The van der Waals surface area contributed by atoms with Gasteiger partial charge in [0.25, 0.3) is 0 Å². The third-order valence-corrected chi connectivity index (χ3v) is 4.00. The van der Waals surface area contributed by atoms with Crippen LogP contribution in [0.3, 0.4) is 0 Å². The molecule has 0 aromatic heterocycles. The molecule has 5 heteroatoms. The van der Waals surface area contributed by atoms with Gasteiger partial charge in [0.2, 0.25) is 0 Å². The first-order valence-electron chi connectivity index (χ1n) is 9.28. The Bertz CT molecular complexity index is 526. The molecule has 1 aromatic carbocycles. The minimum atomic E-state index is -0.638. The Labute approximate surface area is 151 Å². The van der Waals surface area contributed by atoms with Gasteiger partial charge in [-0.2, -0.15) is 0 Å². The summed E-state index contributed by atoms with van der Waals surface area (Å²) in [5, 5.41) is 5.34. The van der Waals surface area contributed by atoms with Crippen molar-refractivity contribution in [3.8, 4) is 5.75 Å². The van der Waals surface area contributed by atoms with Crippen molar-refractivity contribution in [3.63, 3.8) is 0 Å². The van der Waals surface area contributed by atoms with Crippen molar-refractivity contribution >= 4 is 17.5 Å². The summed E-state index contributed by atoms with van der Waals surface area (Å²) in [6.45, 7) is 9.61. The first kappa shape index (κ1) is 21.0. The highest BCUT2D eigenvalue weighted by Gasteiger charge is 2.15. The lowest BCUT2D eigenvalue weighted by Crippen LogP contribution is -2.38. The molecule has 2 amide bonds. The van der Waals surface area contributed by atoms with Crippen LogP contribution in [0.15, 0.2) is 24.3 Å². The largest absolute Gasteiger partial charge is 0.493 e. The number of carbonyl (C=O) groups is 2. The summed E-state index contributed by atoms with van der Waals surface area (Å²) in [6.07, 6.45) is 4.36. The molecule has 1 aromatic rings. The van der Waals surface area contributed by atoms with Gasteiger partial charge in [-0.05, 0) is 42.5 Å². The molecule has 140 valence electrons. The normalized spacial score (nSPS) is 11.9. The monoisotopic (exact) mass is 348 g/mol. The van der Waals surface area contributed by atoms with Crippen LogP contribution in [0.25, 0.3) is 0 Å². The van der Waals surface area contributed by atoms with Crippen molar-refractivity contribution < 1.29 is 14.3 Å². The Morgan fingerprint density at radius 3 is 2.32 bits per heavy atom. The fourth-order valence-electron chi connectivity index (χ4n) is 2.35. The van der Waals surface area contributed by atoms with Gasteiger partial charge in [-0.25, -0.2) is 0 Å². The van der Waals surface area contributed by atoms with Crippen LogP contribution < -0.4 is 15.4 Å². The number of carbonyl (C=O) groups excluding carboxylic acids is 2. The molecule has 0 aliphatic carbocycles. The van der Waals surface area contributed by atoms with Gasteiger partial charge in [-0.15, -0.1) is 0 Å². The molecule has 0 saturated heterocycles. The minimum Gasteiger partial charge on any atom is -0.493 e. The molecular formula is C20H32N2O3. The summed E-state index contributed by atoms with van der Waals surface area (Å²) in [4.78, 5) is 23.9. The van der Waals surface area contributed by atoms with Gasteiger partial charge >= 0.3 is 11.8 Å². The zero-order chi connectivity index (χ0) is 18.7. The maximum absolute atomic E-state index is 12.0. The fourth-order valence-corrected chi connectivity index (χ4v) is 2.35. The van der Waals surface area contributed by atoms with E-state index < -0.39 is 11.8 Å². The van der Waals surface area contributed by atoms with Crippen LogP contribution >= 0.6 is 0 Å². The first-order valence-corrected chi connectivity index (χ1v) is 9.28. The van der Waals surface area contributed by atoms with Gasteiger partial charge in [0.1, 0.15) is 5.75 Å². The predicted octanol–water partition coefficient (Wildman–Crippen LogP) is 3.99. The van der Waals surface area contributed by atoms with Crippen LogP contribution in [0.5, 0.6) is 5.75 Å². The molecule has 0 fully saturated rings.